The first-order chi connectivity index (χ1) is 19.9. The number of nitrogens with zero attached hydrogens (tertiary/aromatic N) is 1. The number of nitrogens with one attached hydrogen (secondary N) is 2. The van der Waals surface area contributed by atoms with Crippen molar-refractivity contribution in [3.05, 3.63) is 63.4 Å². The summed E-state index contributed by atoms with van der Waals surface area (Å²) in [5.41, 5.74) is 0.0872. The van der Waals surface area contributed by atoms with Crippen LogP contribution in [-0.4, -0.2) is 47.7 Å². The third-order valence-corrected chi connectivity index (χ3v) is 9.73. The molecule has 6 nitrogen and oxygen atoms in total. The van der Waals surface area contributed by atoms with Crippen molar-refractivity contribution in [3.63, 3.8) is 0 Å². The lowest BCUT2D eigenvalue weighted by atomic mass is 9.62. The second-order valence-corrected chi connectivity index (χ2v) is 14.2. The second-order valence-electron chi connectivity index (χ2n) is 13.3. The lowest BCUT2D eigenvalue weighted by Crippen LogP contribution is -2.49. The van der Waals surface area contributed by atoms with E-state index in [4.69, 9.17) is 23.2 Å². The second kappa shape index (κ2) is 11.9. The number of likely N-dealkylation sites (tertiary alicyclic amines) is 1. The first-order valence-corrected chi connectivity index (χ1v) is 15.7. The first kappa shape index (κ1) is 31.0. The van der Waals surface area contributed by atoms with Gasteiger partial charge in [0, 0.05) is 48.6 Å². The van der Waals surface area contributed by atoms with Crippen molar-refractivity contribution < 1.29 is 18.8 Å². The number of carbonyl (C=O) groups is 3. The van der Waals surface area contributed by atoms with Crippen LogP contribution in [-0.2, 0) is 19.8 Å². The van der Waals surface area contributed by atoms with E-state index in [1.54, 1.807) is 24.3 Å². The summed E-state index contributed by atoms with van der Waals surface area (Å²) >= 11 is 12.6. The molecule has 3 aliphatic rings. The van der Waals surface area contributed by atoms with Crippen molar-refractivity contribution >= 4 is 46.5 Å². The predicted molar refractivity (Wildman–Crippen MR) is 165 cm³/mol. The highest BCUT2D eigenvalue weighted by atomic mass is 35.5. The van der Waals surface area contributed by atoms with Crippen molar-refractivity contribution in [1.29, 1.82) is 0 Å². The predicted octanol–water partition coefficient (Wildman–Crippen LogP) is 6.88. The van der Waals surface area contributed by atoms with E-state index in [0.717, 1.165) is 19.3 Å². The summed E-state index contributed by atoms with van der Waals surface area (Å²) in [6.45, 7) is 9.54. The van der Waals surface area contributed by atoms with Crippen LogP contribution < -0.4 is 10.6 Å². The van der Waals surface area contributed by atoms with E-state index in [2.05, 4.69) is 31.4 Å². The van der Waals surface area contributed by atoms with Gasteiger partial charge in [-0.25, -0.2) is 4.39 Å². The van der Waals surface area contributed by atoms with Crippen molar-refractivity contribution in [2.75, 3.05) is 18.4 Å². The van der Waals surface area contributed by atoms with Crippen molar-refractivity contribution in [2.45, 2.75) is 89.6 Å². The zero-order valence-corrected chi connectivity index (χ0v) is 26.2. The summed E-state index contributed by atoms with van der Waals surface area (Å²) in [5, 5.41) is 7.03. The molecular weight excluding hydrogens is 576 g/mol. The fourth-order valence-electron chi connectivity index (χ4n) is 7.37. The van der Waals surface area contributed by atoms with Gasteiger partial charge in [0.2, 0.25) is 11.8 Å². The molecule has 0 bridgehead atoms. The highest BCUT2D eigenvalue weighted by Crippen LogP contribution is 2.57. The Bertz CT molecular complexity index is 1390. The van der Waals surface area contributed by atoms with E-state index >= 15 is 4.39 Å². The molecule has 0 unspecified atom stereocenters. The molecule has 1 spiro atoms. The number of hydrogen-bond acceptors (Lipinski definition) is 4. The number of anilines is 1. The smallest absolute Gasteiger partial charge is 0.237 e. The molecule has 0 aliphatic carbocycles. The zero-order valence-electron chi connectivity index (χ0n) is 24.7. The lowest BCUT2D eigenvalue weighted by Gasteiger charge is -2.38. The molecule has 4 atom stereocenters. The third kappa shape index (κ3) is 5.60. The molecule has 0 radical (unpaired) electrons. The Morgan fingerprint density at radius 2 is 1.83 bits per heavy atom. The minimum absolute atomic E-state index is 0.0491. The summed E-state index contributed by atoms with van der Waals surface area (Å²) < 4.78 is 15.9. The van der Waals surface area contributed by atoms with Crippen LogP contribution in [0.1, 0.15) is 83.3 Å². The van der Waals surface area contributed by atoms with Crippen LogP contribution in [0.5, 0.6) is 0 Å². The molecule has 2 N–H and O–H groups in total. The van der Waals surface area contributed by atoms with E-state index in [1.807, 2.05) is 17.9 Å². The van der Waals surface area contributed by atoms with Gasteiger partial charge in [-0.2, -0.15) is 0 Å². The van der Waals surface area contributed by atoms with Crippen LogP contribution in [0.25, 0.3) is 0 Å². The largest absolute Gasteiger partial charge is 0.343 e. The zero-order chi connectivity index (χ0) is 30.4. The number of carbonyl (C=O) groups excluding carboxylic acids is 3. The van der Waals surface area contributed by atoms with Crippen molar-refractivity contribution in [2.24, 2.45) is 11.3 Å². The van der Waals surface area contributed by atoms with Gasteiger partial charge in [0.15, 0.2) is 5.78 Å². The Balaban J connectivity index is 1.56. The number of amides is 2. The van der Waals surface area contributed by atoms with Gasteiger partial charge in [0.25, 0.3) is 0 Å². The van der Waals surface area contributed by atoms with E-state index < -0.39 is 29.2 Å². The summed E-state index contributed by atoms with van der Waals surface area (Å²) in [7, 11) is 0. The summed E-state index contributed by atoms with van der Waals surface area (Å²) in [5.74, 6) is -1.50. The van der Waals surface area contributed by atoms with Crippen molar-refractivity contribution in [1.82, 2.24) is 10.2 Å². The van der Waals surface area contributed by atoms with Crippen LogP contribution in [0.15, 0.2) is 36.4 Å². The number of halogens is 3. The monoisotopic (exact) mass is 615 g/mol. The lowest BCUT2D eigenvalue weighted by molar-refractivity contribution is -0.132. The number of hydrogen-bond donors (Lipinski definition) is 2. The van der Waals surface area contributed by atoms with Gasteiger partial charge in [-0.05, 0) is 66.3 Å². The van der Waals surface area contributed by atoms with Gasteiger partial charge < -0.3 is 15.5 Å². The van der Waals surface area contributed by atoms with Gasteiger partial charge in [0.1, 0.15) is 11.2 Å². The third-order valence-electron chi connectivity index (χ3n) is 9.21. The molecule has 5 rings (SSSR count). The fraction of sp³-hybridized carbons (Fsp3) is 0.545. The first-order valence-electron chi connectivity index (χ1n) is 15.0. The number of ketones is 1. The van der Waals surface area contributed by atoms with Crippen molar-refractivity contribution in [3.8, 4) is 0 Å². The summed E-state index contributed by atoms with van der Waals surface area (Å²) in [6, 6.07) is 8.83. The molecule has 2 saturated heterocycles. The molecular formula is C33H40Cl2FN3O3. The molecule has 2 aromatic carbocycles. The molecule has 2 aromatic rings. The van der Waals surface area contributed by atoms with Gasteiger partial charge in [0.05, 0.1) is 11.1 Å². The van der Waals surface area contributed by atoms with E-state index in [9.17, 15) is 14.4 Å². The minimum atomic E-state index is -1.25. The number of Topliss-reactive ketones (excluding diaryl/α,β-unsaturated/α-hetero) is 1. The number of fused-ring (bicyclic) bond motifs is 2. The molecule has 226 valence electrons. The average molecular weight is 617 g/mol. The van der Waals surface area contributed by atoms with Crippen LogP contribution in [0, 0.1) is 17.2 Å². The fourth-order valence-corrected chi connectivity index (χ4v) is 7.73. The molecule has 3 aliphatic heterocycles. The Kier molecular flexibility index (Phi) is 8.77. The van der Waals surface area contributed by atoms with Crippen LogP contribution in [0.3, 0.4) is 0 Å². The molecule has 0 aromatic heterocycles. The standard InChI is InChI=1S/C33H40Cl2FN3O3/c1-5-7-27(41)39-14-12-19(13-15-39)16-25(40)30-28(21-8-6-9-23(35)29(21)36)33(26(38-30)18-32(2,3)4)22-11-10-20(34)17-24(22)37-31(33)42/h6,8-11,17,19,26,28,30,38H,5,7,12-16,18H2,1-4H3,(H,37,42)/t26-,28+,30+,33+/m1/s1. The Hall–Kier alpha value is -2.48. The average Bonchev–Trinajstić information content (AvgIpc) is 3.39. The number of rotatable bonds is 7. The number of benzene rings is 2. The maximum atomic E-state index is 15.9. The quantitative estimate of drug-likeness (QED) is 0.356. The van der Waals surface area contributed by atoms with Crippen LogP contribution in [0.2, 0.25) is 10.0 Å². The topological polar surface area (TPSA) is 78.5 Å². The van der Waals surface area contributed by atoms with Gasteiger partial charge in [-0.15, -0.1) is 0 Å². The van der Waals surface area contributed by atoms with Gasteiger partial charge >= 0.3 is 0 Å². The normalized spacial score (nSPS) is 26.0. The summed E-state index contributed by atoms with van der Waals surface area (Å²) in [4.78, 5) is 42.8. The molecule has 3 heterocycles. The molecule has 2 amide bonds. The minimum Gasteiger partial charge on any atom is -0.343 e. The Morgan fingerprint density at radius 1 is 1.12 bits per heavy atom. The molecule has 0 saturated carbocycles. The Morgan fingerprint density at radius 3 is 2.50 bits per heavy atom. The van der Waals surface area contributed by atoms with Gasteiger partial charge in [-0.1, -0.05) is 69.1 Å². The maximum Gasteiger partial charge on any atom is 0.237 e. The SMILES string of the molecule is CCCC(=O)N1CCC(CC(=O)[C@@H]2N[C@H](CC(C)(C)C)[C@]3(C(=O)Nc4cc(Cl)ccc43)[C@H]2c2cccc(Cl)c2F)CC1. The highest BCUT2D eigenvalue weighted by molar-refractivity contribution is 6.31. The molecule has 2 fully saturated rings. The summed E-state index contributed by atoms with van der Waals surface area (Å²) in [6.07, 6.45) is 3.69. The van der Waals surface area contributed by atoms with Crippen LogP contribution in [0.4, 0.5) is 10.1 Å². The Labute approximate surface area is 257 Å². The maximum absolute atomic E-state index is 15.9. The highest BCUT2D eigenvalue weighted by Gasteiger charge is 2.66. The van der Waals surface area contributed by atoms with E-state index in [0.29, 0.717) is 48.6 Å². The van der Waals surface area contributed by atoms with Gasteiger partial charge in [-0.3, -0.25) is 14.4 Å². The number of piperidine rings is 1. The van der Waals surface area contributed by atoms with E-state index in [1.165, 1.54) is 6.07 Å². The molecule has 9 heteroatoms. The molecule has 42 heavy (non-hydrogen) atoms. The van der Waals surface area contributed by atoms with E-state index in [-0.39, 0.29) is 39.5 Å². The van der Waals surface area contributed by atoms with Crippen LogP contribution >= 0.6 is 23.2 Å².